The van der Waals surface area contributed by atoms with Crippen molar-refractivity contribution in [2.24, 2.45) is 11.8 Å². The Labute approximate surface area is 109 Å². The lowest BCUT2D eigenvalue weighted by atomic mass is 9.94. The molecule has 2 rings (SSSR count). The van der Waals surface area contributed by atoms with Gasteiger partial charge in [0.15, 0.2) is 0 Å². The van der Waals surface area contributed by atoms with Crippen molar-refractivity contribution in [3.05, 3.63) is 48.0 Å². The summed E-state index contributed by atoms with van der Waals surface area (Å²) < 4.78 is 0. The van der Waals surface area contributed by atoms with Crippen LogP contribution in [0.1, 0.15) is 25.8 Å². The molecule has 0 fully saturated rings. The normalized spacial score (nSPS) is 13.1. The van der Waals surface area contributed by atoms with Crippen molar-refractivity contribution in [1.82, 2.24) is 5.43 Å². The maximum absolute atomic E-state index is 5.66. The average Bonchev–Trinajstić information content (AvgIpc) is 2.38. The van der Waals surface area contributed by atoms with Crippen LogP contribution in [-0.2, 0) is 6.42 Å². The van der Waals surface area contributed by atoms with Gasteiger partial charge in [0.25, 0.3) is 0 Å². The Morgan fingerprint density at radius 1 is 1.06 bits per heavy atom. The average molecular weight is 242 g/mol. The van der Waals surface area contributed by atoms with Gasteiger partial charge in [0.1, 0.15) is 0 Å². The second-order valence-electron chi connectivity index (χ2n) is 5.34. The van der Waals surface area contributed by atoms with E-state index in [9.17, 15) is 0 Å². The summed E-state index contributed by atoms with van der Waals surface area (Å²) in [6, 6.07) is 15.4. The molecule has 0 radical (unpaired) electrons. The summed E-state index contributed by atoms with van der Waals surface area (Å²) in [5, 5.41) is 2.64. The monoisotopic (exact) mass is 242 g/mol. The van der Waals surface area contributed by atoms with Crippen LogP contribution in [0.3, 0.4) is 0 Å². The molecule has 0 aromatic heterocycles. The Hall–Kier alpha value is -1.38. The zero-order valence-electron chi connectivity index (χ0n) is 11.2. The lowest BCUT2D eigenvalue weighted by Gasteiger charge is -2.19. The van der Waals surface area contributed by atoms with E-state index in [1.165, 1.54) is 16.3 Å². The maximum atomic E-state index is 5.66. The van der Waals surface area contributed by atoms with E-state index < -0.39 is 0 Å². The van der Waals surface area contributed by atoms with Crippen molar-refractivity contribution in [1.29, 1.82) is 0 Å². The number of benzene rings is 2. The number of nitrogens with two attached hydrogens (primary N) is 1. The first-order valence-electron chi connectivity index (χ1n) is 6.63. The van der Waals surface area contributed by atoms with Crippen LogP contribution in [0.25, 0.3) is 10.8 Å². The Morgan fingerprint density at radius 2 is 1.78 bits per heavy atom. The number of hydrazine groups is 1. The minimum atomic E-state index is 0.343. The maximum Gasteiger partial charge on any atom is 0.0253 e. The van der Waals surface area contributed by atoms with Gasteiger partial charge in [0, 0.05) is 6.04 Å². The van der Waals surface area contributed by atoms with Gasteiger partial charge in [-0.1, -0.05) is 56.3 Å². The fourth-order valence-electron chi connectivity index (χ4n) is 2.52. The summed E-state index contributed by atoms with van der Waals surface area (Å²) in [5.74, 6) is 6.32. The van der Waals surface area contributed by atoms with Gasteiger partial charge in [-0.05, 0) is 35.1 Å². The molecule has 0 aliphatic rings. The van der Waals surface area contributed by atoms with E-state index in [0.717, 1.165) is 12.8 Å². The Morgan fingerprint density at radius 3 is 2.50 bits per heavy atom. The number of hydrogen-bond donors (Lipinski definition) is 2. The first-order valence-corrected chi connectivity index (χ1v) is 6.63. The van der Waals surface area contributed by atoms with Gasteiger partial charge in [0.2, 0.25) is 0 Å². The summed E-state index contributed by atoms with van der Waals surface area (Å²) >= 11 is 0. The lowest BCUT2D eigenvalue weighted by molar-refractivity contribution is 0.424. The highest BCUT2D eigenvalue weighted by molar-refractivity contribution is 5.85. The molecule has 0 amide bonds. The molecule has 0 saturated heterocycles. The number of fused-ring (bicyclic) bond motifs is 1. The van der Waals surface area contributed by atoms with Gasteiger partial charge < -0.3 is 0 Å². The highest BCUT2D eigenvalue weighted by Crippen LogP contribution is 2.21. The first-order chi connectivity index (χ1) is 8.70. The molecule has 2 nitrogen and oxygen atoms in total. The predicted molar refractivity (Wildman–Crippen MR) is 78.2 cm³/mol. The van der Waals surface area contributed by atoms with Gasteiger partial charge in [-0.25, -0.2) is 0 Å². The van der Waals surface area contributed by atoms with E-state index in [-0.39, 0.29) is 0 Å². The third kappa shape index (κ3) is 3.09. The van der Waals surface area contributed by atoms with E-state index in [2.05, 4.69) is 61.7 Å². The second kappa shape index (κ2) is 5.98. The molecular weight excluding hydrogens is 220 g/mol. The standard InChI is InChI=1S/C16H22N2/c1-12(2)10-15(18-17)11-14-8-5-7-13-6-3-4-9-16(13)14/h3-9,12,15,18H,10-11,17H2,1-2H3. The second-order valence-corrected chi connectivity index (χ2v) is 5.34. The molecule has 2 heteroatoms. The highest BCUT2D eigenvalue weighted by Gasteiger charge is 2.11. The van der Waals surface area contributed by atoms with Crippen molar-refractivity contribution in [3.63, 3.8) is 0 Å². The van der Waals surface area contributed by atoms with Crippen molar-refractivity contribution in [2.45, 2.75) is 32.7 Å². The number of hydrogen-bond acceptors (Lipinski definition) is 2. The summed E-state index contributed by atoms with van der Waals surface area (Å²) in [5.41, 5.74) is 4.32. The quantitative estimate of drug-likeness (QED) is 0.624. The fourth-order valence-corrected chi connectivity index (χ4v) is 2.52. The minimum absolute atomic E-state index is 0.343. The van der Waals surface area contributed by atoms with Gasteiger partial charge in [0.05, 0.1) is 0 Å². The van der Waals surface area contributed by atoms with Crippen LogP contribution < -0.4 is 11.3 Å². The van der Waals surface area contributed by atoms with Crippen molar-refractivity contribution in [2.75, 3.05) is 0 Å². The topological polar surface area (TPSA) is 38.0 Å². The fraction of sp³-hybridized carbons (Fsp3) is 0.375. The largest absolute Gasteiger partial charge is 0.271 e. The summed E-state index contributed by atoms with van der Waals surface area (Å²) in [4.78, 5) is 0. The molecule has 3 N–H and O–H groups in total. The van der Waals surface area contributed by atoms with Gasteiger partial charge >= 0.3 is 0 Å². The Bertz CT molecular complexity index is 500. The van der Waals surface area contributed by atoms with Crippen LogP contribution in [0.2, 0.25) is 0 Å². The molecule has 1 unspecified atom stereocenters. The van der Waals surface area contributed by atoms with Crippen LogP contribution in [0.4, 0.5) is 0 Å². The molecule has 1 atom stereocenters. The van der Waals surface area contributed by atoms with Crippen LogP contribution >= 0.6 is 0 Å². The van der Waals surface area contributed by atoms with Crippen LogP contribution in [0, 0.1) is 5.92 Å². The van der Waals surface area contributed by atoms with Crippen molar-refractivity contribution < 1.29 is 0 Å². The molecule has 18 heavy (non-hydrogen) atoms. The third-order valence-corrected chi connectivity index (χ3v) is 3.34. The van der Waals surface area contributed by atoms with E-state index in [1.807, 2.05) is 0 Å². The van der Waals surface area contributed by atoms with E-state index in [4.69, 9.17) is 5.84 Å². The van der Waals surface area contributed by atoms with Gasteiger partial charge in [-0.15, -0.1) is 0 Å². The Kier molecular flexibility index (Phi) is 4.34. The lowest BCUT2D eigenvalue weighted by Crippen LogP contribution is -2.37. The Balaban J connectivity index is 2.25. The van der Waals surface area contributed by atoms with Gasteiger partial charge in [-0.3, -0.25) is 11.3 Å². The number of nitrogens with one attached hydrogen (secondary N) is 1. The zero-order chi connectivity index (χ0) is 13.0. The van der Waals surface area contributed by atoms with E-state index >= 15 is 0 Å². The summed E-state index contributed by atoms with van der Waals surface area (Å²) in [6.07, 6.45) is 2.08. The molecule has 0 bridgehead atoms. The molecule has 2 aromatic rings. The SMILES string of the molecule is CC(C)CC(Cc1cccc2ccccc12)NN. The molecule has 96 valence electrons. The molecule has 0 aliphatic carbocycles. The van der Waals surface area contributed by atoms with E-state index in [0.29, 0.717) is 12.0 Å². The van der Waals surface area contributed by atoms with Crippen molar-refractivity contribution >= 4 is 10.8 Å². The van der Waals surface area contributed by atoms with Crippen molar-refractivity contribution in [3.8, 4) is 0 Å². The highest BCUT2D eigenvalue weighted by atomic mass is 15.2. The van der Waals surface area contributed by atoms with E-state index in [1.54, 1.807) is 0 Å². The predicted octanol–water partition coefficient (Wildman–Crippen LogP) is 3.26. The number of rotatable bonds is 5. The molecule has 0 saturated carbocycles. The smallest absolute Gasteiger partial charge is 0.0253 e. The minimum Gasteiger partial charge on any atom is -0.271 e. The molecule has 2 aromatic carbocycles. The van der Waals surface area contributed by atoms with Crippen LogP contribution in [0.5, 0.6) is 0 Å². The molecule has 0 heterocycles. The van der Waals surface area contributed by atoms with Gasteiger partial charge in [-0.2, -0.15) is 0 Å². The van der Waals surface area contributed by atoms with Crippen LogP contribution in [0.15, 0.2) is 42.5 Å². The molecule has 0 spiro atoms. The molecular formula is C16H22N2. The molecule has 0 aliphatic heterocycles. The summed E-state index contributed by atoms with van der Waals surface area (Å²) in [6.45, 7) is 4.46. The third-order valence-electron chi connectivity index (χ3n) is 3.34. The summed E-state index contributed by atoms with van der Waals surface area (Å²) in [7, 11) is 0. The zero-order valence-corrected chi connectivity index (χ0v) is 11.2. The first kappa shape index (κ1) is 13.1. The van der Waals surface area contributed by atoms with Crippen LogP contribution in [-0.4, -0.2) is 6.04 Å².